The van der Waals surface area contributed by atoms with Gasteiger partial charge in [0, 0.05) is 42.8 Å². The van der Waals surface area contributed by atoms with Crippen LogP contribution in [0.1, 0.15) is 29.0 Å². The van der Waals surface area contributed by atoms with Gasteiger partial charge in [-0.3, -0.25) is 0 Å². The van der Waals surface area contributed by atoms with Crippen molar-refractivity contribution < 1.29 is 14.9 Å². The Morgan fingerprint density at radius 3 is 2.06 bits per heavy atom. The number of hydrogen-bond donors (Lipinski definition) is 4. The summed E-state index contributed by atoms with van der Waals surface area (Å²) in [6.07, 6.45) is 0.620. The van der Waals surface area contributed by atoms with E-state index >= 15 is 0 Å². The molecule has 0 aromatic heterocycles. The Bertz CT molecular complexity index is 943. The third-order valence-corrected chi connectivity index (χ3v) is 6.83. The van der Waals surface area contributed by atoms with E-state index in [-0.39, 0.29) is 43.2 Å². The van der Waals surface area contributed by atoms with Gasteiger partial charge in [0.1, 0.15) is 5.75 Å². The summed E-state index contributed by atoms with van der Waals surface area (Å²) < 4.78 is 5.55. The maximum Gasteiger partial charge on any atom is 0.123 e. The smallest absolute Gasteiger partial charge is 0.123 e. The third-order valence-electron chi connectivity index (χ3n) is 6.83. The standard InChI is InChI=1S/C28H34N2O3/c1-33-25-15-9-8-14-22(25)18-29-27-23(16-17-31)24(19-32)30-28(27)26(20-10-4-2-5-11-20)21-12-6-3-7-13-21/h2-15,23-24,26-32H,16-19H2,1H3. The molecular weight excluding hydrogens is 412 g/mol. The van der Waals surface area contributed by atoms with Crippen LogP contribution in [0.15, 0.2) is 84.9 Å². The second-order valence-electron chi connectivity index (χ2n) is 8.68. The number of aliphatic hydroxyl groups excluding tert-OH is 2. The van der Waals surface area contributed by atoms with Crippen molar-refractivity contribution in [2.24, 2.45) is 5.92 Å². The topological polar surface area (TPSA) is 73.8 Å². The molecule has 0 amide bonds. The molecule has 5 heteroatoms. The SMILES string of the molecule is COc1ccccc1CNC1C(CCO)C(CO)NC1C(c1ccccc1)c1ccccc1. The monoisotopic (exact) mass is 446 g/mol. The van der Waals surface area contributed by atoms with Crippen LogP contribution in [0.25, 0.3) is 0 Å². The predicted molar refractivity (Wildman–Crippen MR) is 131 cm³/mol. The summed E-state index contributed by atoms with van der Waals surface area (Å²) in [5.74, 6) is 1.04. The molecule has 1 saturated heterocycles. The van der Waals surface area contributed by atoms with E-state index < -0.39 is 0 Å². The Morgan fingerprint density at radius 2 is 1.48 bits per heavy atom. The molecule has 0 aliphatic carbocycles. The molecule has 1 aliphatic heterocycles. The van der Waals surface area contributed by atoms with E-state index in [9.17, 15) is 10.2 Å². The van der Waals surface area contributed by atoms with Gasteiger partial charge in [-0.15, -0.1) is 0 Å². The fraction of sp³-hybridized carbons (Fsp3) is 0.357. The molecule has 174 valence electrons. The number of para-hydroxylation sites is 1. The van der Waals surface area contributed by atoms with Crippen molar-refractivity contribution in [2.45, 2.75) is 37.0 Å². The first-order valence-corrected chi connectivity index (χ1v) is 11.7. The number of hydrogen-bond acceptors (Lipinski definition) is 5. The highest BCUT2D eigenvalue weighted by atomic mass is 16.5. The predicted octanol–water partition coefficient (Wildman–Crippen LogP) is 3.32. The highest BCUT2D eigenvalue weighted by Crippen LogP contribution is 2.37. The van der Waals surface area contributed by atoms with E-state index in [1.807, 2.05) is 30.3 Å². The summed E-state index contributed by atoms with van der Waals surface area (Å²) in [5.41, 5.74) is 3.54. The maximum atomic E-state index is 10.2. The van der Waals surface area contributed by atoms with Gasteiger partial charge >= 0.3 is 0 Å². The average molecular weight is 447 g/mol. The van der Waals surface area contributed by atoms with Crippen LogP contribution in [0.4, 0.5) is 0 Å². The lowest BCUT2D eigenvalue weighted by Gasteiger charge is -2.32. The number of rotatable bonds is 10. The molecule has 4 N–H and O–H groups in total. The molecule has 0 spiro atoms. The van der Waals surface area contributed by atoms with Gasteiger partial charge in [0.25, 0.3) is 0 Å². The molecule has 0 saturated carbocycles. The van der Waals surface area contributed by atoms with Crippen LogP contribution in [0, 0.1) is 5.92 Å². The summed E-state index contributed by atoms with van der Waals surface area (Å²) in [6, 6.07) is 29.1. The van der Waals surface area contributed by atoms with E-state index in [2.05, 4.69) is 65.2 Å². The minimum absolute atomic E-state index is 0.0320. The quantitative estimate of drug-likeness (QED) is 0.385. The molecule has 4 atom stereocenters. The lowest BCUT2D eigenvalue weighted by Crippen LogP contribution is -2.46. The van der Waals surface area contributed by atoms with Crippen molar-refractivity contribution in [1.82, 2.24) is 10.6 Å². The summed E-state index contributed by atoms with van der Waals surface area (Å²) >= 11 is 0. The van der Waals surface area contributed by atoms with Crippen molar-refractivity contribution in [2.75, 3.05) is 20.3 Å². The minimum Gasteiger partial charge on any atom is -0.496 e. The molecule has 4 unspecified atom stereocenters. The number of benzene rings is 3. The lowest BCUT2D eigenvalue weighted by molar-refractivity contribution is 0.185. The van der Waals surface area contributed by atoms with E-state index in [1.165, 1.54) is 11.1 Å². The fourth-order valence-corrected chi connectivity index (χ4v) is 5.30. The molecule has 33 heavy (non-hydrogen) atoms. The van der Waals surface area contributed by atoms with Crippen molar-refractivity contribution in [3.8, 4) is 5.75 Å². The number of aliphatic hydroxyl groups is 2. The first kappa shape index (κ1) is 23.5. The van der Waals surface area contributed by atoms with E-state index in [4.69, 9.17) is 4.74 Å². The molecule has 3 aromatic carbocycles. The molecule has 1 heterocycles. The van der Waals surface area contributed by atoms with Crippen molar-refractivity contribution >= 4 is 0 Å². The largest absolute Gasteiger partial charge is 0.496 e. The van der Waals surface area contributed by atoms with Crippen molar-refractivity contribution in [3.63, 3.8) is 0 Å². The van der Waals surface area contributed by atoms with E-state index in [1.54, 1.807) is 7.11 Å². The summed E-state index contributed by atoms with van der Waals surface area (Å²) in [7, 11) is 1.69. The van der Waals surface area contributed by atoms with Crippen LogP contribution in [0.2, 0.25) is 0 Å². The average Bonchev–Trinajstić information content (AvgIpc) is 3.21. The van der Waals surface area contributed by atoms with Crippen LogP contribution in [-0.4, -0.2) is 48.7 Å². The van der Waals surface area contributed by atoms with Crippen LogP contribution in [0.5, 0.6) is 5.75 Å². The lowest BCUT2D eigenvalue weighted by atomic mass is 9.79. The van der Waals surface area contributed by atoms with Gasteiger partial charge in [0.2, 0.25) is 0 Å². The Balaban J connectivity index is 1.70. The molecule has 3 aromatic rings. The molecule has 0 bridgehead atoms. The fourth-order valence-electron chi connectivity index (χ4n) is 5.30. The first-order chi connectivity index (χ1) is 16.3. The zero-order valence-corrected chi connectivity index (χ0v) is 19.1. The molecule has 1 fully saturated rings. The summed E-state index contributed by atoms with van der Waals surface area (Å²) in [5, 5.41) is 27.5. The van der Waals surface area contributed by atoms with Gasteiger partial charge in [-0.25, -0.2) is 0 Å². The Kier molecular flexibility index (Phi) is 8.13. The Labute approximate surface area is 196 Å². The Hall–Kier alpha value is -2.70. The number of ether oxygens (including phenoxy) is 1. The van der Waals surface area contributed by atoms with Crippen molar-refractivity contribution in [3.05, 3.63) is 102 Å². The van der Waals surface area contributed by atoms with Gasteiger partial charge in [-0.2, -0.15) is 0 Å². The summed E-state index contributed by atoms with van der Waals surface area (Å²) in [4.78, 5) is 0. The number of methoxy groups -OCH3 is 1. The molecule has 4 rings (SSSR count). The molecule has 0 radical (unpaired) electrons. The van der Waals surface area contributed by atoms with Crippen LogP contribution < -0.4 is 15.4 Å². The van der Waals surface area contributed by atoms with Crippen LogP contribution >= 0.6 is 0 Å². The van der Waals surface area contributed by atoms with E-state index in [0.717, 1.165) is 11.3 Å². The van der Waals surface area contributed by atoms with Gasteiger partial charge in [-0.05, 0) is 29.5 Å². The first-order valence-electron chi connectivity index (χ1n) is 11.7. The van der Waals surface area contributed by atoms with E-state index in [0.29, 0.717) is 13.0 Å². The van der Waals surface area contributed by atoms with Crippen LogP contribution in [0.3, 0.4) is 0 Å². The molecule has 5 nitrogen and oxygen atoms in total. The van der Waals surface area contributed by atoms with Gasteiger partial charge in [0.05, 0.1) is 13.7 Å². The Morgan fingerprint density at radius 1 is 0.879 bits per heavy atom. The molecular formula is C28H34N2O3. The summed E-state index contributed by atoms with van der Waals surface area (Å²) in [6.45, 7) is 0.761. The highest BCUT2D eigenvalue weighted by molar-refractivity contribution is 5.37. The zero-order chi connectivity index (χ0) is 23.0. The van der Waals surface area contributed by atoms with Crippen LogP contribution in [-0.2, 0) is 6.54 Å². The minimum atomic E-state index is -0.0905. The van der Waals surface area contributed by atoms with Gasteiger partial charge in [0.15, 0.2) is 0 Å². The van der Waals surface area contributed by atoms with Crippen molar-refractivity contribution in [1.29, 1.82) is 0 Å². The van der Waals surface area contributed by atoms with Gasteiger partial charge in [-0.1, -0.05) is 78.9 Å². The zero-order valence-electron chi connectivity index (χ0n) is 19.1. The number of nitrogens with one attached hydrogen (secondary N) is 2. The normalized spacial score (nSPS) is 22.5. The third kappa shape index (κ3) is 5.28. The maximum absolute atomic E-state index is 10.2. The second-order valence-corrected chi connectivity index (χ2v) is 8.68. The highest BCUT2D eigenvalue weighted by Gasteiger charge is 2.45. The van der Waals surface area contributed by atoms with Gasteiger partial charge < -0.3 is 25.6 Å². The second kappa shape index (κ2) is 11.4. The molecule has 1 aliphatic rings.